The van der Waals surface area contributed by atoms with Crippen LogP contribution in [-0.2, 0) is 41.6 Å². The highest BCUT2D eigenvalue weighted by Gasteiger charge is 2.38. The molecule has 2 heterocycles. The molecule has 12 rings (SSSR count). The summed E-state index contributed by atoms with van der Waals surface area (Å²) in [6, 6.07) is 67.3. The van der Waals surface area contributed by atoms with Crippen molar-refractivity contribution in [1.29, 1.82) is 0 Å². The van der Waals surface area contributed by atoms with E-state index in [4.69, 9.17) is 28.4 Å². The minimum atomic E-state index is 0.244. The van der Waals surface area contributed by atoms with Gasteiger partial charge >= 0.3 is 0 Å². The van der Waals surface area contributed by atoms with E-state index in [-0.39, 0.29) is 10.8 Å². The first-order valence-electron chi connectivity index (χ1n) is 29.4. The highest BCUT2D eigenvalue weighted by Crippen LogP contribution is 2.48. The molecule has 2 aliphatic heterocycles. The van der Waals surface area contributed by atoms with Crippen molar-refractivity contribution in [3.8, 4) is 0 Å². The highest BCUT2D eigenvalue weighted by molar-refractivity contribution is 6.28. The molecule has 0 atom stereocenters. The molecule has 2 saturated heterocycles. The second-order valence-electron chi connectivity index (χ2n) is 22.7. The van der Waals surface area contributed by atoms with Gasteiger partial charge in [-0.2, -0.15) is 0 Å². The Hall–Kier alpha value is -6.88. The van der Waals surface area contributed by atoms with Crippen LogP contribution < -0.4 is 9.80 Å². The maximum Gasteiger partial charge on any atom is 0.0716 e. The molecule has 0 saturated carbocycles. The number of ether oxygens (including phenoxy) is 6. The fraction of sp³-hybridized carbons (Fsp3) is 0.333. The first-order chi connectivity index (χ1) is 39.5. The van der Waals surface area contributed by atoms with Gasteiger partial charge in [0.2, 0.25) is 0 Å². The van der Waals surface area contributed by atoms with E-state index in [0.29, 0.717) is 13.2 Å². The van der Waals surface area contributed by atoms with Crippen molar-refractivity contribution < 1.29 is 28.4 Å². The fourth-order valence-corrected chi connectivity index (χ4v) is 11.8. The molecule has 0 aliphatic carbocycles. The molecule has 0 amide bonds. The molecule has 2 aliphatic rings. The Morgan fingerprint density at radius 3 is 1.11 bits per heavy atom. The van der Waals surface area contributed by atoms with E-state index in [2.05, 4.69) is 206 Å². The van der Waals surface area contributed by atoms with Crippen molar-refractivity contribution in [1.82, 2.24) is 0 Å². The molecular formula is C72H76N2O6. The molecule has 10 aromatic carbocycles. The largest absolute Gasteiger partial charge is 0.381 e. The molecule has 410 valence electrons. The van der Waals surface area contributed by atoms with Gasteiger partial charge in [-0.3, -0.25) is 0 Å². The maximum absolute atomic E-state index is 6.23. The molecule has 0 bridgehead atoms. The van der Waals surface area contributed by atoms with Crippen molar-refractivity contribution in [2.24, 2.45) is 10.8 Å². The summed E-state index contributed by atoms with van der Waals surface area (Å²) < 4.78 is 35.4. The lowest BCUT2D eigenvalue weighted by molar-refractivity contribution is -0.150. The van der Waals surface area contributed by atoms with Crippen LogP contribution in [0.4, 0.5) is 34.1 Å². The number of hydrogen-bond donors (Lipinski definition) is 0. The van der Waals surface area contributed by atoms with Crippen LogP contribution >= 0.6 is 0 Å². The molecule has 10 aromatic rings. The number of hydrogen-bond acceptors (Lipinski definition) is 8. The van der Waals surface area contributed by atoms with Crippen LogP contribution in [0, 0.1) is 10.8 Å². The average Bonchev–Trinajstić information content (AvgIpc) is 3.50. The Bertz CT molecular complexity index is 3390. The lowest BCUT2D eigenvalue weighted by Crippen LogP contribution is -2.45. The van der Waals surface area contributed by atoms with E-state index in [9.17, 15) is 0 Å². The Kier molecular flexibility index (Phi) is 16.7. The summed E-state index contributed by atoms with van der Waals surface area (Å²) in [4.78, 5) is 4.87. The summed E-state index contributed by atoms with van der Waals surface area (Å²) >= 11 is 0. The van der Waals surface area contributed by atoms with E-state index in [0.717, 1.165) is 163 Å². The quantitative estimate of drug-likeness (QED) is 0.0355. The van der Waals surface area contributed by atoms with Gasteiger partial charge in [0.05, 0.1) is 64.2 Å². The molecule has 0 aromatic heterocycles. The van der Waals surface area contributed by atoms with Crippen LogP contribution in [-0.4, -0.2) is 66.1 Å². The predicted molar refractivity (Wildman–Crippen MR) is 330 cm³/mol. The van der Waals surface area contributed by atoms with Crippen molar-refractivity contribution in [3.63, 3.8) is 0 Å². The van der Waals surface area contributed by atoms with Gasteiger partial charge in [0.15, 0.2) is 0 Å². The molecule has 80 heavy (non-hydrogen) atoms. The summed E-state index contributed by atoms with van der Waals surface area (Å²) in [7, 11) is 0. The third kappa shape index (κ3) is 11.7. The van der Waals surface area contributed by atoms with E-state index in [1.165, 1.54) is 53.9 Å². The second-order valence-corrected chi connectivity index (χ2v) is 22.7. The SMILES string of the molecule is CCC1(COCCCCCOCc2ccc(N(c3ccc4ccccc4c3)c3ccc4ccc5c(N(c6ccc(COCCCCCOCC7(CC)COC7)cc6)c6ccc7ccccc7c6)ccc6ccc3c4c65)cc2)COC1. The second kappa shape index (κ2) is 24.9. The summed E-state index contributed by atoms with van der Waals surface area (Å²) in [5.41, 5.74) is 9.47. The molecule has 0 spiro atoms. The van der Waals surface area contributed by atoms with Gasteiger partial charge in [0.1, 0.15) is 0 Å². The molecule has 0 N–H and O–H groups in total. The van der Waals surface area contributed by atoms with Crippen LogP contribution in [0.25, 0.3) is 53.9 Å². The van der Waals surface area contributed by atoms with Crippen LogP contribution in [0.3, 0.4) is 0 Å². The van der Waals surface area contributed by atoms with E-state index in [1.807, 2.05) is 0 Å². The standard InChI is InChI=1S/C72H76N2O6/c1-3-71(49-79-50-71)47-77-41-13-5-11-39-75-45-53-19-29-61(30-20-53)73(63-33-23-55-15-7-9-17-59(55)43-63)67-37-27-57-26-36-66-68(38-28-58-25-35-65(67)69(57)70(58)66)74(64-34-24-56-16-8-10-18-60(56)44-64)62-31-21-54(22-32-62)46-76-40-12-6-14-42-78-48-72(4-2)51-80-52-72/h7-10,15-38,43-44H,3-6,11-14,39-42,45-52H2,1-2H3. The maximum atomic E-state index is 6.23. The van der Waals surface area contributed by atoms with Crippen molar-refractivity contribution in [3.05, 3.63) is 193 Å². The summed E-state index contributed by atoms with van der Waals surface area (Å²) in [5, 5.41) is 12.2. The first kappa shape index (κ1) is 53.7. The fourth-order valence-electron chi connectivity index (χ4n) is 11.8. The summed E-state index contributed by atoms with van der Waals surface area (Å²) in [5.74, 6) is 0. The van der Waals surface area contributed by atoms with Crippen molar-refractivity contribution in [2.75, 3.05) is 75.9 Å². The smallest absolute Gasteiger partial charge is 0.0716 e. The third-order valence-corrected chi connectivity index (χ3v) is 17.1. The minimum Gasteiger partial charge on any atom is -0.381 e. The molecule has 0 unspecified atom stereocenters. The van der Waals surface area contributed by atoms with E-state index in [1.54, 1.807) is 0 Å². The average molecular weight is 1070 g/mol. The monoisotopic (exact) mass is 1060 g/mol. The van der Waals surface area contributed by atoms with Gasteiger partial charge in [-0.15, -0.1) is 0 Å². The van der Waals surface area contributed by atoms with Gasteiger partial charge in [-0.25, -0.2) is 0 Å². The Labute approximate surface area is 472 Å². The zero-order valence-electron chi connectivity index (χ0n) is 46.8. The number of rotatable bonds is 28. The van der Waals surface area contributed by atoms with Gasteiger partial charge in [-0.05, 0) is 166 Å². The van der Waals surface area contributed by atoms with Gasteiger partial charge in [-0.1, -0.05) is 135 Å². The van der Waals surface area contributed by atoms with E-state index < -0.39 is 0 Å². The van der Waals surface area contributed by atoms with E-state index >= 15 is 0 Å². The van der Waals surface area contributed by atoms with Crippen molar-refractivity contribution in [2.45, 2.75) is 78.4 Å². The predicted octanol–water partition coefficient (Wildman–Crippen LogP) is 18.1. The van der Waals surface area contributed by atoms with Gasteiger partial charge in [0, 0.05) is 70.8 Å². The molecular weight excluding hydrogens is 989 g/mol. The minimum absolute atomic E-state index is 0.244. The molecule has 8 heteroatoms. The van der Waals surface area contributed by atoms with Crippen LogP contribution in [0.5, 0.6) is 0 Å². The van der Waals surface area contributed by atoms with Crippen molar-refractivity contribution >= 4 is 88.0 Å². The summed E-state index contributed by atoms with van der Waals surface area (Å²) in [6.07, 6.45) is 8.57. The molecule has 8 nitrogen and oxygen atoms in total. The van der Waals surface area contributed by atoms with Gasteiger partial charge < -0.3 is 38.2 Å². The lowest BCUT2D eigenvalue weighted by Gasteiger charge is -2.40. The zero-order valence-corrected chi connectivity index (χ0v) is 46.8. The number of nitrogens with zero attached hydrogens (tertiary/aromatic N) is 2. The van der Waals surface area contributed by atoms with Crippen LogP contribution in [0.1, 0.15) is 76.3 Å². The van der Waals surface area contributed by atoms with Gasteiger partial charge in [0.25, 0.3) is 0 Å². The molecule has 2 fully saturated rings. The van der Waals surface area contributed by atoms with Crippen LogP contribution in [0.15, 0.2) is 182 Å². The Morgan fingerprint density at radius 1 is 0.362 bits per heavy atom. The Balaban J connectivity index is 0.804. The highest BCUT2D eigenvalue weighted by atomic mass is 16.5. The number of fused-ring (bicyclic) bond motifs is 2. The number of anilines is 6. The normalized spacial score (nSPS) is 14.8. The summed E-state index contributed by atoms with van der Waals surface area (Å²) in [6.45, 7) is 13.6. The number of benzene rings is 10. The zero-order chi connectivity index (χ0) is 54.1. The first-order valence-corrected chi connectivity index (χ1v) is 29.4. The van der Waals surface area contributed by atoms with Crippen LogP contribution in [0.2, 0.25) is 0 Å². The Morgan fingerprint density at radius 2 is 0.725 bits per heavy atom. The third-order valence-electron chi connectivity index (χ3n) is 17.1. The lowest BCUT2D eigenvalue weighted by atomic mass is 9.84. The topological polar surface area (TPSA) is 61.9 Å². The molecule has 0 radical (unpaired) electrons. The number of unbranched alkanes of at least 4 members (excludes halogenated alkanes) is 4.